The van der Waals surface area contributed by atoms with Crippen LogP contribution in [0.3, 0.4) is 0 Å². The first-order valence-corrected chi connectivity index (χ1v) is 12.1. The van der Waals surface area contributed by atoms with Crippen molar-refractivity contribution in [2.75, 3.05) is 16.4 Å². The molecule has 0 spiro atoms. The standard InChI is InChI=1S/C27H18F6N8O2/c28-16-10-19(24(34)35-11-16)14-1-4-18(5-2-14)43-26-36-12-17(13-37-26)38-25(42)39-20-9-15(23(29)30)3-6-21(20)41-8-7-22(40-41)27(31,32)33/h1-13,23H,(H2,34,35)(H2,38,39,42). The number of hydrogen-bond acceptors (Lipinski definition) is 7. The molecule has 3 heterocycles. The van der Waals surface area contributed by atoms with Crippen molar-refractivity contribution in [3.63, 3.8) is 0 Å². The number of urea groups is 1. The molecule has 5 aromatic rings. The van der Waals surface area contributed by atoms with Gasteiger partial charge in [-0.05, 0) is 42.0 Å². The summed E-state index contributed by atoms with van der Waals surface area (Å²) in [7, 11) is 0. The number of nitrogens with one attached hydrogen (secondary N) is 2. The zero-order chi connectivity index (χ0) is 30.7. The summed E-state index contributed by atoms with van der Waals surface area (Å²) in [5.74, 6) is -0.0517. The third kappa shape index (κ3) is 6.80. The second-order valence-electron chi connectivity index (χ2n) is 8.77. The van der Waals surface area contributed by atoms with Crippen LogP contribution < -0.4 is 21.1 Å². The number of benzene rings is 2. The zero-order valence-corrected chi connectivity index (χ0v) is 21.5. The summed E-state index contributed by atoms with van der Waals surface area (Å²) >= 11 is 0. The maximum Gasteiger partial charge on any atom is 0.435 e. The lowest BCUT2D eigenvalue weighted by Gasteiger charge is -2.14. The minimum absolute atomic E-state index is 0.0827. The summed E-state index contributed by atoms with van der Waals surface area (Å²) < 4.78 is 85.5. The van der Waals surface area contributed by atoms with E-state index in [1.54, 1.807) is 24.3 Å². The molecule has 2 amide bonds. The Hall–Kier alpha value is -5.67. The first kappa shape index (κ1) is 28.8. The van der Waals surface area contributed by atoms with Gasteiger partial charge in [0.15, 0.2) is 5.69 Å². The normalized spacial score (nSPS) is 11.4. The summed E-state index contributed by atoms with van der Waals surface area (Å²) in [6.07, 6.45) is -3.24. The van der Waals surface area contributed by atoms with Gasteiger partial charge in [0.1, 0.15) is 17.4 Å². The van der Waals surface area contributed by atoms with E-state index in [1.165, 1.54) is 18.5 Å². The van der Waals surface area contributed by atoms with Crippen molar-refractivity contribution in [3.05, 3.63) is 96.5 Å². The van der Waals surface area contributed by atoms with Crippen LogP contribution in [0.1, 0.15) is 17.7 Å². The second kappa shape index (κ2) is 11.7. The average Bonchev–Trinajstić information content (AvgIpc) is 3.47. The minimum atomic E-state index is -4.73. The molecule has 0 saturated heterocycles. The Bertz CT molecular complexity index is 1760. The highest BCUT2D eigenvalue weighted by molar-refractivity contribution is 6.00. The number of nitrogens with two attached hydrogens (primary N) is 1. The van der Waals surface area contributed by atoms with E-state index in [0.717, 1.165) is 35.3 Å². The van der Waals surface area contributed by atoms with Crippen molar-refractivity contribution in [1.82, 2.24) is 24.7 Å². The Labute approximate surface area is 238 Å². The van der Waals surface area contributed by atoms with E-state index in [9.17, 15) is 31.1 Å². The molecule has 0 aliphatic carbocycles. The number of anilines is 3. The van der Waals surface area contributed by atoms with Crippen molar-refractivity contribution >= 4 is 23.2 Å². The summed E-state index contributed by atoms with van der Waals surface area (Å²) in [6, 6.07) is 10.4. The number of aromatic nitrogens is 5. The van der Waals surface area contributed by atoms with Crippen LogP contribution in [-0.4, -0.2) is 30.8 Å². The summed E-state index contributed by atoms with van der Waals surface area (Å²) in [5, 5.41) is 8.15. The summed E-state index contributed by atoms with van der Waals surface area (Å²) in [4.78, 5) is 24.4. The zero-order valence-electron chi connectivity index (χ0n) is 21.5. The van der Waals surface area contributed by atoms with E-state index >= 15 is 0 Å². The van der Waals surface area contributed by atoms with Crippen LogP contribution in [0, 0.1) is 5.82 Å². The number of nitrogen functional groups attached to an aromatic ring is 1. The predicted molar refractivity (Wildman–Crippen MR) is 142 cm³/mol. The van der Waals surface area contributed by atoms with Gasteiger partial charge in [0.25, 0.3) is 6.43 Å². The number of amides is 2. The van der Waals surface area contributed by atoms with E-state index in [-0.39, 0.29) is 28.9 Å². The predicted octanol–water partition coefficient (Wildman–Crippen LogP) is 6.84. The van der Waals surface area contributed by atoms with Crippen LogP contribution in [0.25, 0.3) is 16.8 Å². The molecule has 5 rings (SSSR count). The number of rotatable bonds is 7. The van der Waals surface area contributed by atoms with Crippen LogP contribution in [0.5, 0.6) is 11.8 Å². The second-order valence-corrected chi connectivity index (χ2v) is 8.77. The minimum Gasteiger partial charge on any atom is -0.424 e. The number of carbonyl (C=O) groups excluding carboxylic acids is 1. The molecule has 0 aliphatic heterocycles. The summed E-state index contributed by atoms with van der Waals surface area (Å²) in [6.45, 7) is 0. The number of carbonyl (C=O) groups is 1. The average molecular weight is 600 g/mol. The van der Waals surface area contributed by atoms with Crippen LogP contribution in [0.2, 0.25) is 0 Å². The third-order valence-corrected chi connectivity index (χ3v) is 5.79. The van der Waals surface area contributed by atoms with Crippen molar-refractivity contribution in [2.45, 2.75) is 12.6 Å². The number of hydrogen-bond donors (Lipinski definition) is 3. The van der Waals surface area contributed by atoms with Crippen LogP contribution >= 0.6 is 0 Å². The molecule has 0 unspecified atom stereocenters. The molecular weight excluding hydrogens is 582 g/mol. The fourth-order valence-electron chi connectivity index (χ4n) is 3.81. The van der Waals surface area contributed by atoms with Gasteiger partial charge >= 0.3 is 18.2 Å². The van der Waals surface area contributed by atoms with Crippen LogP contribution in [0.4, 0.5) is 48.3 Å². The molecule has 2 aromatic carbocycles. The Kier molecular flexibility index (Phi) is 7.83. The highest BCUT2D eigenvalue weighted by atomic mass is 19.4. The largest absolute Gasteiger partial charge is 0.435 e. The molecule has 0 radical (unpaired) electrons. The molecule has 43 heavy (non-hydrogen) atoms. The molecule has 0 aliphatic rings. The number of halogens is 6. The van der Waals surface area contributed by atoms with Gasteiger partial charge in [-0.15, -0.1) is 0 Å². The number of ether oxygens (including phenoxy) is 1. The highest BCUT2D eigenvalue weighted by Gasteiger charge is 2.34. The first-order chi connectivity index (χ1) is 20.5. The fraction of sp³-hybridized carbons (Fsp3) is 0.0741. The van der Waals surface area contributed by atoms with Crippen molar-refractivity contribution in [1.29, 1.82) is 0 Å². The van der Waals surface area contributed by atoms with Crippen LogP contribution in [-0.2, 0) is 6.18 Å². The third-order valence-electron chi connectivity index (χ3n) is 5.79. The molecular formula is C27H18F6N8O2. The van der Waals surface area contributed by atoms with Crippen molar-refractivity contribution in [3.8, 4) is 28.6 Å². The molecule has 0 fully saturated rings. The molecule has 0 saturated carbocycles. The Morgan fingerprint density at radius 1 is 0.930 bits per heavy atom. The number of alkyl halides is 5. The topological polar surface area (TPSA) is 133 Å². The SMILES string of the molecule is Nc1ncc(F)cc1-c1ccc(Oc2ncc(NC(=O)Nc3cc(C(F)F)ccc3-n3ccc(C(F)(F)F)n3)cn2)cc1. The maximum absolute atomic E-state index is 13.5. The molecule has 10 nitrogen and oxygen atoms in total. The molecule has 4 N–H and O–H groups in total. The molecule has 220 valence electrons. The maximum atomic E-state index is 13.5. The lowest BCUT2D eigenvalue weighted by molar-refractivity contribution is -0.141. The smallest absolute Gasteiger partial charge is 0.424 e. The van der Waals surface area contributed by atoms with Gasteiger partial charge in [-0.2, -0.15) is 18.3 Å². The van der Waals surface area contributed by atoms with E-state index in [4.69, 9.17) is 10.5 Å². The Morgan fingerprint density at radius 3 is 2.30 bits per heavy atom. The van der Waals surface area contributed by atoms with Gasteiger partial charge in [-0.3, -0.25) is 0 Å². The van der Waals surface area contributed by atoms with Gasteiger partial charge in [0.2, 0.25) is 0 Å². The lowest BCUT2D eigenvalue weighted by atomic mass is 10.1. The molecule has 0 atom stereocenters. The quantitative estimate of drug-likeness (QED) is 0.174. The van der Waals surface area contributed by atoms with Crippen molar-refractivity contribution in [2.24, 2.45) is 0 Å². The van der Waals surface area contributed by atoms with E-state index in [0.29, 0.717) is 22.9 Å². The van der Waals surface area contributed by atoms with E-state index in [2.05, 4.69) is 30.7 Å². The van der Waals surface area contributed by atoms with Gasteiger partial charge in [0.05, 0.1) is 35.7 Å². The molecule has 3 aromatic heterocycles. The fourth-order valence-corrected chi connectivity index (χ4v) is 3.81. The van der Waals surface area contributed by atoms with Gasteiger partial charge in [0, 0.05) is 17.3 Å². The van der Waals surface area contributed by atoms with Gasteiger partial charge < -0.3 is 21.1 Å². The lowest BCUT2D eigenvalue weighted by Crippen LogP contribution is -2.21. The van der Waals surface area contributed by atoms with Gasteiger partial charge in [-0.1, -0.05) is 18.2 Å². The Morgan fingerprint density at radius 2 is 1.65 bits per heavy atom. The monoisotopic (exact) mass is 600 g/mol. The number of nitrogens with zero attached hydrogens (tertiary/aromatic N) is 5. The van der Waals surface area contributed by atoms with E-state index < -0.39 is 35.7 Å². The summed E-state index contributed by atoms with van der Waals surface area (Å²) in [5.41, 5.74) is 4.89. The molecule has 16 heteroatoms. The van der Waals surface area contributed by atoms with E-state index in [1.807, 2.05) is 0 Å². The van der Waals surface area contributed by atoms with Crippen molar-refractivity contribution < 1.29 is 35.9 Å². The van der Waals surface area contributed by atoms with Gasteiger partial charge in [-0.25, -0.2) is 37.6 Å². The number of pyridine rings is 1. The van der Waals surface area contributed by atoms with Crippen LogP contribution in [0.15, 0.2) is 79.4 Å². The first-order valence-electron chi connectivity index (χ1n) is 12.1. The Balaban J connectivity index is 1.26. The highest BCUT2D eigenvalue weighted by Crippen LogP contribution is 2.31. The molecule has 0 bridgehead atoms.